The highest BCUT2D eigenvalue weighted by Crippen LogP contribution is 2.23. The fourth-order valence-electron chi connectivity index (χ4n) is 1.84. The predicted molar refractivity (Wildman–Crippen MR) is 78.6 cm³/mol. The van der Waals surface area contributed by atoms with Crippen LogP contribution in [0.15, 0.2) is 24.3 Å². The zero-order chi connectivity index (χ0) is 15.2. The Morgan fingerprint density at radius 1 is 1.29 bits per heavy atom. The lowest BCUT2D eigenvalue weighted by molar-refractivity contribution is 0.181. The van der Waals surface area contributed by atoms with Gasteiger partial charge in [-0.25, -0.2) is 14.4 Å². The smallest absolute Gasteiger partial charge is 0.165 e. The molecule has 1 aromatic heterocycles. The Hall–Kier alpha value is -2.21. The van der Waals surface area contributed by atoms with E-state index < -0.39 is 11.6 Å². The number of rotatable bonds is 6. The minimum Gasteiger partial charge on any atom is -0.505 e. The average Bonchev–Trinajstić information content (AvgIpc) is 2.48. The molecular weight excluding hydrogens is 273 g/mol. The first-order valence-corrected chi connectivity index (χ1v) is 6.73. The molecule has 0 radical (unpaired) electrons. The third-order valence-electron chi connectivity index (χ3n) is 2.83. The van der Waals surface area contributed by atoms with Gasteiger partial charge in [-0.1, -0.05) is 6.92 Å². The second kappa shape index (κ2) is 6.99. The number of halogens is 1. The van der Waals surface area contributed by atoms with Crippen LogP contribution in [0.25, 0.3) is 11.4 Å². The number of nitrogens with one attached hydrogen (secondary N) is 1. The van der Waals surface area contributed by atoms with Crippen molar-refractivity contribution < 1.29 is 14.2 Å². The van der Waals surface area contributed by atoms with Gasteiger partial charge in [-0.2, -0.15) is 0 Å². The largest absolute Gasteiger partial charge is 0.505 e. The van der Waals surface area contributed by atoms with Gasteiger partial charge in [0.15, 0.2) is 17.4 Å². The van der Waals surface area contributed by atoms with Crippen molar-refractivity contribution in [1.29, 1.82) is 0 Å². The SMILES string of the molecule is CCCNc1cc(COC)nc(-c2ccc(O)c(F)c2)n1. The molecule has 0 unspecified atom stereocenters. The Morgan fingerprint density at radius 2 is 2.10 bits per heavy atom. The lowest BCUT2D eigenvalue weighted by Crippen LogP contribution is -2.06. The summed E-state index contributed by atoms with van der Waals surface area (Å²) in [5.74, 6) is -0.0307. The topological polar surface area (TPSA) is 67.3 Å². The van der Waals surface area contributed by atoms with E-state index >= 15 is 0 Å². The lowest BCUT2D eigenvalue weighted by atomic mass is 10.2. The van der Waals surface area contributed by atoms with Crippen molar-refractivity contribution in [3.63, 3.8) is 0 Å². The summed E-state index contributed by atoms with van der Waals surface area (Å²) in [6.45, 7) is 3.18. The van der Waals surface area contributed by atoms with Crippen molar-refractivity contribution in [2.75, 3.05) is 19.0 Å². The van der Waals surface area contributed by atoms with Crippen molar-refractivity contribution in [2.45, 2.75) is 20.0 Å². The van der Waals surface area contributed by atoms with Crippen LogP contribution in [-0.4, -0.2) is 28.7 Å². The molecular formula is C15H18FN3O2. The number of methoxy groups -OCH3 is 1. The number of phenols is 1. The first-order valence-electron chi connectivity index (χ1n) is 6.73. The van der Waals surface area contributed by atoms with Gasteiger partial charge in [0.2, 0.25) is 0 Å². The van der Waals surface area contributed by atoms with Crippen molar-refractivity contribution in [3.8, 4) is 17.1 Å². The van der Waals surface area contributed by atoms with Crippen LogP contribution in [0, 0.1) is 5.82 Å². The summed E-state index contributed by atoms with van der Waals surface area (Å²) in [6.07, 6.45) is 0.965. The molecule has 0 bridgehead atoms. The first-order chi connectivity index (χ1) is 10.1. The van der Waals surface area contributed by atoms with E-state index in [-0.39, 0.29) is 0 Å². The second-order valence-electron chi connectivity index (χ2n) is 4.59. The molecule has 2 N–H and O–H groups in total. The molecule has 21 heavy (non-hydrogen) atoms. The van der Waals surface area contributed by atoms with Crippen LogP contribution in [0.4, 0.5) is 10.2 Å². The molecule has 0 saturated carbocycles. The standard InChI is InChI=1S/C15H18FN3O2/c1-3-6-17-14-8-11(9-21-2)18-15(19-14)10-4-5-13(20)12(16)7-10/h4-5,7-8,20H,3,6,9H2,1-2H3,(H,17,18,19). The summed E-state index contributed by atoms with van der Waals surface area (Å²) < 4.78 is 18.6. The zero-order valence-corrected chi connectivity index (χ0v) is 12.1. The van der Waals surface area contributed by atoms with E-state index in [4.69, 9.17) is 4.74 Å². The number of aromatic nitrogens is 2. The molecule has 2 aromatic rings. The van der Waals surface area contributed by atoms with Crippen molar-refractivity contribution in [2.24, 2.45) is 0 Å². The summed E-state index contributed by atoms with van der Waals surface area (Å²) in [7, 11) is 1.58. The van der Waals surface area contributed by atoms with Gasteiger partial charge in [-0.15, -0.1) is 0 Å². The molecule has 0 fully saturated rings. The van der Waals surface area contributed by atoms with Crippen LogP contribution >= 0.6 is 0 Å². The van der Waals surface area contributed by atoms with Crippen molar-refractivity contribution >= 4 is 5.82 Å². The molecule has 0 atom stereocenters. The number of hydrogen-bond acceptors (Lipinski definition) is 5. The summed E-state index contributed by atoms with van der Waals surface area (Å²) >= 11 is 0. The third-order valence-corrected chi connectivity index (χ3v) is 2.83. The molecule has 1 heterocycles. The Kier molecular flexibility index (Phi) is 5.05. The van der Waals surface area contributed by atoms with Gasteiger partial charge in [0, 0.05) is 25.3 Å². The van der Waals surface area contributed by atoms with E-state index in [0.717, 1.165) is 13.0 Å². The normalized spacial score (nSPS) is 10.6. The monoisotopic (exact) mass is 291 g/mol. The molecule has 112 valence electrons. The number of benzene rings is 1. The Bertz CT molecular complexity index is 620. The fraction of sp³-hybridized carbons (Fsp3) is 0.333. The van der Waals surface area contributed by atoms with Crippen LogP contribution in [0.5, 0.6) is 5.75 Å². The van der Waals surface area contributed by atoms with Gasteiger partial charge in [-0.3, -0.25) is 0 Å². The molecule has 0 aliphatic carbocycles. The van der Waals surface area contributed by atoms with Gasteiger partial charge >= 0.3 is 0 Å². The van der Waals surface area contributed by atoms with E-state index in [9.17, 15) is 9.50 Å². The minimum atomic E-state index is -0.698. The van der Waals surface area contributed by atoms with E-state index in [0.29, 0.717) is 29.5 Å². The van der Waals surface area contributed by atoms with E-state index in [2.05, 4.69) is 22.2 Å². The van der Waals surface area contributed by atoms with Crippen molar-refractivity contribution in [3.05, 3.63) is 35.8 Å². The molecule has 0 amide bonds. The number of ether oxygens (including phenoxy) is 1. The van der Waals surface area contributed by atoms with Crippen LogP contribution in [0.2, 0.25) is 0 Å². The predicted octanol–water partition coefficient (Wildman–Crippen LogP) is 2.96. The van der Waals surface area contributed by atoms with Gasteiger partial charge in [0.25, 0.3) is 0 Å². The molecule has 6 heteroatoms. The Labute approximate surface area is 122 Å². The fourth-order valence-corrected chi connectivity index (χ4v) is 1.84. The molecule has 2 rings (SSSR count). The maximum Gasteiger partial charge on any atom is 0.165 e. The van der Waals surface area contributed by atoms with Crippen LogP contribution in [-0.2, 0) is 11.3 Å². The molecule has 0 aliphatic heterocycles. The van der Waals surface area contributed by atoms with Crippen LogP contribution in [0.1, 0.15) is 19.0 Å². The lowest BCUT2D eigenvalue weighted by Gasteiger charge is -2.09. The summed E-state index contributed by atoms with van der Waals surface area (Å²) in [5, 5.41) is 12.4. The number of aromatic hydroxyl groups is 1. The second-order valence-corrected chi connectivity index (χ2v) is 4.59. The minimum absolute atomic E-state index is 0.344. The molecule has 5 nitrogen and oxygen atoms in total. The Morgan fingerprint density at radius 3 is 2.76 bits per heavy atom. The van der Waals surface area contributed by atoms with Gasteiger partial charge in [-0.05, 0) is 24.6 Å². The molecule has 1 aromatic carbocycles. The van der Waals surface area contributed by atoms with Crippen LogP contribution in [0.3, 0.4) is 0 Å². The zero-order valence-electron chi connectivity index (χ0n) is 12.1. The highest BCUT2D eigenvalue weighted by molar-refractivity contribution is 5.59. The number of nitrogens with zero attached hydrogens (tertiary/aromatic N) is 2. The number of hydrogen-bond donors (Lipinski definition) is 2. The highest BCUT2D eigenvalue weighted by Gasteiger charge is 2.09. The average molecular weight is 291 g/mol. The summed E-state index contributed by atoms with van der Waals surface area (Å²) in [6, 6.07) is 5.88. The third kappa shape index (κ3) is 3.88. The number of phenolic OH excluding ortho intramolecular Hbond substituents is 1. The molecule has 0 aliphatic rings. The molecule has 0 saturated heterocycles. The number of anilines is 1. The molecule has 0 spiro atoms. The van der Waals surface area contributed by atoms with Gasteiger partial charge in [0.05, 0.1) is 12.3 Å². The van der Waals surface area contributed by atoms with Crippen LogP contribution < -0.4 is 5.32 Å². The maximum absolute atomic E-state index is 13.5. The summed E-state index contributed by atoms with van der Waals surface area (Å²) in [5.41, 5.74) is 1.21. The van der Waals surface area contributed by atoms with Crippen molar-refractivity contribution in [1.82, 2.24) is 9.97 Å². The highest BCUT2D eigenvalue weighted by atomic mass is 19.1. The summed E-state index contributed by atoms with van der Waals surface area (Å²) in [4.78, 5) is 8.72. The Balaban J connectivity index is 2.40. The van der Waals surface area contributed by atoms with Gasteiger partial charge < -0.3 is 15.2 Å². The van der Waals surface area contributed by atoms with E-state index in [1.165, 1.54) is 12.1 Å². The first kappa shape index (κ1) is 15.2. The quantitative estimate of drug-likeness (QED) is 0.856. The maximum atomic E-state index is 13.5. The van der Waals surface area contributed by atoms with E-state index in [1.807, 2.05) is 0 Å². The van der Waals surface area contributed by atoms with E-state index in [1.54, 1.807) is 19.2 Å². The van der Waals surface area contributed by atoms with Gasteiger partial charge in [0.1, 0.15) is 5.82 Å².